The first-order valence-electron chi connectivity index (χ1n) is 5.85. The van der Waals surface area contributed by atoms with Gasteiger partial charge in [0.1, 0.15) is 18.3 Å². The molecule has 0 spiro atoms. The Morgan fingerprint density at radius 1 is 1.11 bits per heavy atom. The Morgan fingerprint density at radius 3 is 2.37 bits per heavy atom. The van der Waals surface area contributed by atoms with Crippen LogP contribution in [0.1, 0.15) is 0 Å². The molecule has 7 nitrogen and oxygen atoms in total. The van der Waals surface area contributed by atoms with Gasteiger partial charge in [-0.05, 0) is 12.1 Å². The quantitative estimate of drug-likeness (QED) is 0.445. The van der Waals surface area contributed by atoms with E-state index >= 15 is 0 Å². The first-order valence-corrected chi connectivity index (χ1v) is 5.85. The van der Waals surface area contributed by atoms with Gasteiger partial charge in [-0.2, -0.15) is 0 Å². The molecule has 5 N–H and O–H groups in total. The van der Waals surface area contributed by atoms with E-state index in [1.807, 2.05) is 0 Å². The number of likely N-dealkylation sites (tertiary alicyclic amines) is 1. The number of aliphatic hydroxyl groups excluding tert-OH is 4. The standard InChI is InChI=1S/C12H16N2O5/c15-8-6-14(11(18)10(17)9(8)16)12(19)13-7-4-2-1-3-5-7/h1-5,8-11,15-18H,6H2,(H,13,19)/t8-,9+,10-,11-/m1/s1. The van der Waals surface area contributed by atoms with E-state index in [1.165, 1.54) is 0 Å². The molecule has 2 rings (SSSR count). The van der Waals surface area contributed by atoms with E-state index in [1.54, 1.807) is 30.3 Å². The van der Waals surface area contributed by atoms with E-state index < -0.39 is 30.6 Å². The van der Waals surface area contributed by atoms with Gasteiger partial charge in [-0.3, -0.25) is 4.90 Å². The Morgan fingerprint density at radius 2 is 1.74 bits per heavy atom. The minimum absolute atomic E-state index is 0.266. The molecular formula is C12H16N2O5. The first-order chi connectivity index (χ1) is 9.00. The second-order valence-electron chi connectivity index (χ2n) is 4.41. The van der Waals surface area contributed by atoms with E-state index in [9.17, 15) is 25.2 Å². The molecule has 4 atom stereocenters. The Hall–Kier alpha value is -1.67. The highest BCUT2D eigenvalue weighted by atomic mass is 16.4. The van der Waals surface area contributed by atoms with Gasteiger partial charge < -0.3 is 25.7 Å². The van der Waals surface area contributed by atoms with Crippen molar-refractivity contribution in [2.75, 3.05) is 11.9 Å². The molecule has 1 saturated heterocycles. The number of nitrogens with zero attached hydrogens (tertiary/aromatic N) is 1. The summed E-state index contributed by atoms with van der Waals surface area (Å²) in [7, 11) is 0. The van der Waals surface area contributed by atoms with E-state index in [0.717, 1.165) is 4.90 Å². The fourth-order valence-electron chi connectivity index (χ4n) is 1.93. The predicted molar refractivity (Wildman–Crippen MR) is 66.2 cm³/mol. The molecule has 1 aliphatic rings. The third-order valence-electron chi connectivity index (χ3n) is 3.04. The van der Waals surface area contributed by atoms with Crippen molar-refractivity contribution in [1.29, 1.82) is 0 Å². The van der Waals surface area contributed by atoms with Crippen molar-refractivity contribution in [3.63, 3.8) is 0 Å². The number of amides is 2. The fourth-order valence-corrected chi connectivity index (χ4v) is 1.93. The minimum Gasteiger partial charge on any atom is -0.388 e. The van der Waals surface area contributed by atoms with Crippen molar-refractivity contribution >= 4 is 11.7 Å². The van der Waals surface area contributed by atoms with Crippen LogP contribution in [0.5, 0.6) is 0 Å². The lowest BCUT2D eigenvalue weighted by molar-refractivity contribution is -0.178. The van der Waals surface area contributed by atoms with Gasteiger partial charge in [-0.15, -0.1) is 0 Å². The number of aliphatic hydroxyl groups is 4. The second kappa shape index (κ2) is 5.54. The van der Waals surface area contributed by atoms with Gasteiger partial charge in [0.25, 0.3) is 0 Å². The Labute approximate surface area is 109 Å². The Balaban J connectivity index is 2.06. The summed E-state index contributed by atoms with van der Waals surface area (Å²) >= 11 is 0. The lowest BCUT2D eigenvalue weighted by Crippen LogP contribution is -2.63. The van der Waals surface area contributed by atoms with Crippen molar-refractivity contribution in [3.8, 4) is 0 Å². The van der Waals surface area contributed by atoms with Gasteiger partial charge in [0.15, 0.2) is 6.23 Å². The van der Waals surface area contributed by atoms with Crippen LogP contribution in [0.4, 0.5) is 10.5 Å². The molecule has 0 radical (unpaired) electrons. The average Bonchev–Trinajstić information content (AvgIpc) is 2.41. The predicted octanol–water partition coefficient (Wildman–Crippen LogP) is -1.06. The highest BCUT2D eigenvalue weighted by Crippen LogP contribution is 2.18. The van der Waals surface area contributed by atoms with Crippen LogP contribution in [0, 0.1) is 0 Å². The van der Waals surface area contributed by atoms with Crippen LogP contribution in [0.25, 0.3) is 0 Å². The normalized spacial score (nSPS) is 31.1. The number of hydrogen-bond acceptors (Lipinski definition) is 5. The van der Waals surface area contributed by atoms with Gasteiger partial charge in [-0.1, -0.05) is 18.2 Å². The summed E-state index contributed by atoms with van der Waals surface area (Å²) in [5, 5.41) is 40.7. The zero-order valence-electron chi connectivity index (χ0n) is 10.0. The maximum Gasteiger partial charge on any atom is 0.324 e. The van der Waals surface area contributed by atoms with Crippen molar-refractivity contribution in [2.24, 2.45) is 0 Å². The van der Waals surface area contributed by atoms with Crippen molar-refractivity contribution in [2.45, 2.75) is 24.5 Å². The number of benzene rings is 1. The number of anilines is 1. The molecule has 2 amide bonds. The number of para-hydroxylation sites is 1. The third-order valence-corrected chi connectivity index (χ3v) is 3.04. The summed E-state index contributed by atoms with van der Waals surface area (Å²) in [5.41, 5.74) is 0.523. The van der Waals surface area contributed by atoms with Gasteiger partial charge in [0.2, 0.25) is 0 Å². The third kappa shape index (κ3) is 2.85. The zero-order chi connectivity index (χ0) is 14.0. The number of nitrogens with one attached hydrogen (secondary N) is 1. The molecule has 1 aliphatic heterocycles. The van der Waals surface area contributed by atoms with E-state index in [4.69, 9.17) is 0 Å². The van der Waals surface area contributed by atoms with Gasteiger partial charge >= 0.3 is 6.03 Å². The number of β-amino-alcohol motifs (C(OH)–C–C–N with tert-alkyl or cyclic N) is 1. The molecule has 0 aromatic heterocycles. The summed E-state index contributed by atoms with van der Waals surface area (Å²) in [5.74, 6) is 0. The van der Waals surface area contributed by atoms with Crippen LogP contribution in [-0.4, -0.2) is 62.4 Å². The maximum atomic E-state index is 11.9. The van der Waals surface area contributed by atoms with Crippen LogP contribution >= 0.6 is 0 Å². The number of urea groups is 1. The van der Waals surface area contributed by atoms with Crippen molar-refractivity contribution in [3.05, 3.63) is 30.3 Å². The topological polar surface area (TPSA) is 113 Å². The molecule has 0 aliphatic carbocycles. The van der Waals surface area contributed by atoms with Crippen molar-refractivity contribution in [1.82, 2.24) is 4.90 Å². The lowest BCUT2D eigenvalue weighted by atomic mass is 10.0. The summed E-state index contributed by atoms with van der Waals surface area (Å²) < 4.78 is 0. The summed E-state index contributed by atoms with van der Waals surface area (Å²) in [4.78, 5) is 12.8. The molecule has 0 bridgehead atoms. The van der Waals surface area contributed by atoms with Gasteiger partial charge in [0, 0.05) is 5.69 Å². The summed E-state index contributed by atoms with van der Waals surface area (Å²) in [6.07, 6.45) is -5.96. The van der Waals surface area contributed by atoms with Gasteiger partial charge in [0.05, 0.1) is 6.54 Å². The molecule has 19 heavy (non-hydrogen) atoms. The van der Waals surface area contributed by atoms with E-state index in [0.29, 0.717) is 5.69 Å². The maximum absolute atomic E-state index is 11.9. The highest BCUT2D eigenvalue weighted by Gasteiger charge is 2.42. The van der Waals surface area contributed by atoms with Crippen LogP contribution in [0.2, 0.25) is 0 Å². The average molecular weight is 268 g/mol. The summed E-state index contributed by atoms with van der Waals surface area (Å²) in [6.45, 7) is -0.266. The largest absolute Gasteiger partial charge is 0.388 e. The first kappa shape index (κ1) is 13.8. The number of piperidine rings is 1. The molecule has 0 saturated carbocycles. The smallest absolute Gasteiger partial charge is 0.324 e. The molecule has 7 heteroatoms. The molecular weight excluding hydrogens is 252 g/mol. The van der Waals surface area contributed by atoms with Crippen molar-refractivity contribution < 1.29 is 25.2 Å². The molecule has 1 fully saturated rings. The van der Waals surface area contributed by atoms with Crippen LogP contribution in [0.15, 0.2) is 30.3 Å². The fraction of sp³-hybridized carbons (Fsp3) is 0.417. The second-order valence-corrected chi connectivity index (χ2v) is 4.41. The van der Waals surface area contributed by atoms with E-state index in [2.05, 4.69) is 5.32 Å². The van der Waals surface area contributed by atoms with Crippen LogP contribution in [0.3, 0.4) is 0 Å². The molecule has 104 valence electrons. The molecule has 1 aromatic carbocycles. The summed E-state index contributed by atoms with van der Waals surface area (Å²) in [6, 6.07) is 7.91. The number of carbonyl (C=O) groups is 1. The number of hydrogen-bond donors (Lipinski definition) is 5. The SMILES string of the molecule is O=C(Nc1ccccc1)N1C[C@@H](O)[C@H](O)[C@@H](O)[C@H]1O. The van der Waals surface area contributed by atoms with Gasteiger partial charge in [-0.25, -0.2) is 4.79 Å². The zero-order valence-corrected chi connectivity index (χ0v) is 10.0. The molecule has 1 aromatic rings. The minimum atomic E-state index is -1.61. The number of rotatable bonds is 1. The highest BCUT2D eigenvalue weighted by molar-refractivity contribution is 5.89. The lowest BCUT2D eigenvalue weighted by Gasteiger charge is -2.40. The Bertz CT molecular complexity index is 441. The van der Waals surface area contributed by atoms with E-state index in [-0.39, 0.29) is 6.54 Å². The monoisotopic (exact) mass is 268 g/mol. The molecule has 0 unspecified atom stereocenters. The molecule has 1 heterocycles. The van der Waals surface area contributed by atoms with Crippen LogP contribution < -0.4 is 5.32 Å². The number of carbonyl (C=O) groups excluding carboxylic acids is 1. The van der Waals surface area contributed by atoms with Crippen LogP contribution in [-0.2, 0) is 0 Å². The Kier molecular flexibility index (Phi) is 4.01.